The fourth-order valence-corrected chi connectivity index (χ4v) is 2.60. The van der Waals surface area contributed by atoms with E-state index in [1.165, 1.54) is 6.26 Å². The van der Waals surface area contributed by atoms with E-state index in [-0.39, 0.29) is 11.9 Å². The number of rotatable bonds is 8. The number of benzene rings is 1. The highest BCUT2D eigenvalue weighted by Crippen LogP contribution is 2.39. The number of carbonyl (C=O) groups excluding carboxylic acids is 1. The average Bonchev–Trinajstić information content (AvgIpc) is 3.33. The molecule has 1 aliphatic rings. The van der Waals surface area contributed by atoms with Crippen LogP contribution in [0, 0.1) is 0 Å². The van der Waals surface area contributed by atoms with Crippen LogP contribution in [-0.4, -0.2) is 24.1 Å². The van der Waals surface area contributed by atoms with Crippen molar-refractivity contribution >= 4 is 5.91 Å². The van der Waals surface area contributed by atoms with Crippen molar-refractivity contribution in [3.63, 3.8) is 0 Å². The molecule has 6 heteroatoms. The Labute approximate surface area is 147 Å². The first-order valence-electron chi connectivity index (χ1n) is 8.78. The summed E-state index contributed by atoms with van der Waals surface area (Å²) >= 11 is 0. The first kappa shape index (κ1) is 17.3. The van der Waals surface area contributed by atoms with Crippen molar-refractivity contribution in [2.75, 3.05) is 13.2 Å². The highest BCUT2D eigenvalue weighted by atomic mass is 16.5. The first-order chi connectivity index (χ1) is 12.1. The summed E-state index contributed by atoms with van der Waals surface area (Å²) in [5.41, 5.74) is 1.26. The van der Waals surface area contributed by atoms with Crippen LogP contribution < -0.4 is 14.8 Å². The summed E-state index contributed by atoms with van der Waals surface area (Å²) in [6.45, 7) is 6.90. The van der Waals surface area contributed by atoms with Gasteiger partial charge in [0.25, 0.3) is 5.91 Å². The van der Waals surface area contributed by atoms with Gasteiger partial charge in [-0.15, -0.1) is 0 Å². The second-order valence-electron chi connectivity index (χ2n) is 6.11. The molecule has 2 aromatic rings. The van der Waals surface area contributed by atoms with Crippen LogP contribution in [0.4, 0.5) is 0 Å². The lowest BCUT2D eigenvalue weighted by molar-refractivity contribution is 0.0934. The second kappa shape index (κ2) is 7.59. The number of carbonyl (C=O) groups is 1. The number of hydrogen-bond acceptors (Lipinski definition) is 5. The number of aromatic nitrogens is 1. The summed E-state index contributed by atoms with van der Waals surface area (Å²) in [4.78, 5) is 16.7. The molecule has 1 amide bonds. The molecule has 0 aliphatic heterocycles. The Morgan fingerprint density at radius 1 is 1.28 bits per heavy atom. The Morgan fingerprint density at radius 2 is 2.00 bits per heavy atom. The van der Waals surface area contributed by atoms with Crippen molar-refractivity contribution in [1.29, 1.82) is 0 Å². The van der Waals surface area contributed by atoms with E-state index in [9.17, 15) is 4.79 Å². The normalized spacial score (nSPS) is 14.8. The monoisotopic (exact) mass is 344 g/mol. The molecule has 1 fully saturated rings. The van der Waals surface area contributed by atoms with E-state index in [0.717, 1.165) is 18.4 Å². The van der Waals surface area contributed by atoms with E-state index in [4.69, 9.17) is 13.9 Å². The topological polar surface area (TPSA) is 73.6 Å². The van der Waals surface area contributed by atoms with Gasteiger partial charge >= 0.3 is 0 Å². The van der Waals surface area contributed by atoms with E-state index >= 15 is 0 Å². The van der Waals surface area contributed by atoms with Crippen molar-refractivity contribution in [2.24, 2.45) is 0 Å². The van der Waals surface area contributed by atoms with Crippen LogP contribution >= 0.6 is 0 Å². The van der Waals surface area contributed by atoms with Gasteiger partial charge < -0.3 is 19.2 Å². The molecule has 0 unspecified atom stereocenters. The maximum Gasteiger partial charge on any atom is 0.273 e. The van der Waals surface area contributed by atoms with Crippen LogP contribution in [0.1, 0.15) is 67.5 Å². The third-order valence-corrected chi connectivity index (χ3v) is 4.10. The van der Waals surface area contributed by atoms with Gasteiger partial charge in [0.05, 0.1) is 19.3 Å². The summed E-state index contributed by atoms with van der Waals surface area (Å²) in [6.07, 6.45) is 3.61. The van der Waals surface area contributed by atoms with Gasteiger partial charge in [0.1, 0.15) is 6.26 Å². The average molecular weight is 344 g/mol. The van der Waals surface area contributed by atoms with Crippen LogP contribution in [0.2, 0.25) is 0 Å². The van der Waals surface area contributed by atoms with Crippen molar-refractivity contribution < 1.29 is 18.7 Å². The Morgan fingerprint density at radius 3 is 2.68 bits per heavy atom. The number of amides is 1. The molecular weight excluding hydrogens is 320 g/mol. The number of oxazole rings is 1. The maximum atomic E-state index is 12.4. The summed E-state index contributed by atoms with van der Waals surface area (Å²) < 4.78 is 16.6. The molecule has 1 aliphatic carbocycles. The van der Waals surface area contributed by atoms with Gasteiger partial charge in [-0.1, -0.05) is 6.07 Å². The zero-order valence-electron chi connectivity index (χ0n) is 14.9. The van der Waals surface area contributed by atoms with Crippen molar-refractivity contribution in [1.82, 2.24) is 10.3 Å². The molecule has 6 nitrogen and oxygen atoms in total. The predicted molar refractivity (Wildman–Crippen MR) is 93.1 cm³/mol. The van der Waals surface area contributed by atoms with E-state index in [2.05, 4.69) is 10.3 Å². The Balaban J connectivity index is 1.69. The molecule has 0 spiro atoms. The molecule has 25 heavy (non-hydrogen) atoms. The van der Waals surface area contributed by atoms with Gasteiger partial charge in [-0.05, 0) is 51.3 Å². The van der Waals surface area contributed by atoms with Gasteiger partial charge in [0.2, 0.25) is 0 Å². The summed E-state index contributed by atoms with van der Waals surface area (Å²) in [7, 11) is 0. The SMILES string of the molecule is CCOc1ccc([C@@H](C)NC(=O)c2coc(C3CC3)n2)cc1OCC. The standard InChI is InChI=1S/C19H24N2O4/c1-4-23-16-9-8-14(10-17(16)24-5-2)12(3)20-18(22)15-11-25-19(21-15)13-6-7-13/h8-13H,4-7H2,1-3H3,(H,20,22)/t12-/m1/s1. The molecule has 1 N–H and O–H groups in total. The summed E-state index contributed by atoms with van der Waals surface area (Å²) in [5, 5.41) is 2.95. The molecule has 1 atom stereocenters. The smallest absolute Gasteiger partial charge is 0.273 e. The number of nitrogens with one attached hydrogen (secondary N) is 1. The van der Waals surface area contributed by atoms with Crippen LogP contribution in [-0.2, 0) is 0 Å². The lowest BCUT2D eigenvalue weighted by atomic mass is 10.1. The van der Waals surface area contributed by atoms with Crippen molar-refractivity contribution in [3.8, 4) is 11.5 Å². The van der Waals surface area contributed by atoms with Gasteiger partial charge in [0, 0.05) is 5.92 Å². The quantitative estimate of drug-likeness (QED) is 0.787. The molecule has 0 saturated heterocycles. The molecule has 1 aromatic heterocycles. The maximum absolute atomic E-state index is 12.4. The lowest BCUT2D eigenvalue weighted by Gasteiger charge is -2.17. The Hall–Kier alpha value is -2.50. The van der Waals surface area contributed by atoms with E-state index in [1.54, 1.807) is 0 Å². The molecular formula is C19H24N2O4. The van der Waals surface area contributed by atoms with Crippen molar-refractivity contribution in [2.45, 2.75) is 45.6 Å². The first-order valence-corrected chi connectivity index (χ1v) is 8.78. The minimum atomic E-state index is -0.241. The summed E-state index contributed by atoms with van der Waals surface area (Å²) in [6, 6.07) is 5.51. The van der Waals surface area contributed by atoms with Crippen molar-refractivity contribution in [3.05, 3.63) is 41.6 Å². The highest BCUT2D eigenvalue weighted by Gasteiger charge is 2.29. The van der Waals surface area contributed by atoms with E-state index < -0.39 is 0 Å². The minimum absolute atomic E-state index is 0.191. The third-order valence-electron chi connectivity index (χ3n) is 4.10. The van der Waals surface area contributed by atoms with Crippen LogP contribution in [0.5, 0.6) is 11.5 Å². The summed E-state index contributed by atoms with van der Waals surface area (Å²) in [5.74, 6) is 2.20. The lowest BCUT2D eigenvalue weighted by Crippen LogP contribution is -2.27. The molecule has 1 saturated carbocycles. The van der Waals surface area contributed by atoms with Crippen LogP contribution in [0.15, 0.2) is 28.9 Å². The third kappa shape index (κ3) is 4.13. The van der Waals surface area contributed by atoms with Crippen LogP contribution in [0.25, 0.3) is 0 Å². The van der Waals surface area contributed by atoms with Gasteiger partial charge in [-0.3, -0.25) is 4.79 Å². The second-order valence-corrected chi connectivity index (χ2v) is 6.11. The molecule has 0 bridgehead atoms. The van der Waals surface area contributed by atoms with Gasteiger partial charge in [0.15, 0.2) is 23.1 Å². The fourth-order valence-electron chi connectivity index (χ4n) is 2.60. The Bertz CT molecular complexity index is 737. The molecule has 0 radical (unpaired) electrons. The van der Waals surface area contributed by atoms with Gasteiger partial charge in [-0.25, -0.2) is 4.98 Å². The van der Waals surface area contributed by atoms with E-state index in [0.29, 0.717) is 42.2 Å². The number of nitrogens with zero attached hydrogens (tertiary/aromatic N) is 1. The highest BCUT2D eigenvalue weighted by molar-refractivity contribution is 5.92. The Kier molecular flexibility index (Phi) is 5.26. The fraction of sp³-hybridized carbons (Fsp3) is 0.474. The molecule has 1 heterocycles. The molecule has 1 aromatic carbocycles. The largest absolute Gasteiger partial charge is 0.490 e. The predicted octanol–water partition coefficient (Wildman–Crippen LogP) is 3.84. The van der Waals surface area contributed by atoms with Gasteiger partial charge in [-0.2, -0.15) is 0 Å². The zero-order chi connectivity index (χ0) is 17.8. The van der Waals surface area contributed by atoms with Crippen LogP contribution in [0.3, 0.4) is 0 Å². The zero-order valence-corrected chi connectivity index (χ0v) is 14.9. The molecule has 3 rings (SSSR count). The number of ether oxygens (including phenoxy) is 2. The molecule has 134 valence electrons. The number of hydrogen-bond donors (Lipinski definition) is 1. The van der Waals surface area contributed by atoms with E-state index in [1.807, 2.05) is 39.0 Å². The minimum Gasteiger partial charge on any atom is -0.490 e.